The minimum Gasteiger partial charge on any atom is -0.453 e. The number of nitrogens with zero attached hydrogens (tertiary/aromatic N) is 1. The fraction of sp³-hybridized carbons (Fsp3) is 0.667. The van der Waals surface area contributed by atoms with Gasteiger partial charge in [0.25, 0.3) is 11.7 Å². The number of carbonyl (C=O) groups excluding carboxylic acids is 3. The maximum absolute atomic E-state index is 13.8. The van der Waals surface area contributed by atoms with Gasteiger partial charge in [-0.2, -0.15) is 0 Å². The van der Waals surface area contributed by atoms with E-state index >= 15 is 0 Å². The molecule has 5 rings (SSSR count). The van der Waals surface area contributed by atoms with Crippen molar-refractivity contribution in [3.8, 4) is 0 Å². The minimum atomic E-state index is -2.42. The Morgan fingerprint density at radius 3 is 2.29 bits per heavy atom. The van der Waals surface area contributed by atoms with E-state index in [2.05, 4.69) is 13.0 Å². The van der Waals surface area contributed by atoms with Crippen LogP contribution in [0.15, 0.2) is 59.3 Å². The van der Waals surface area contributed by atoms with E-state index in [1.54, 1.807) is 38.2 Å². The lowest BCUT2D eigenvalue weighted by atomic mass is 9.82. The number of esters is 1. The highest BCUT2D eigenvalue weighted by Crippen LogP contribution is 2.37. The van der Waals surface area contributed by atoms with Gasteiger partial charge < -0.3 is 34.8 Å². The van der Waals surface area contributed by atoms with Crippen molar-refractivity contribution in [3.05, 3.63) is 59.3 Å². The largest absolute Gasteiger partial charge is 0.453 e. The zero-order valence-electron chi connectivity index (χ0n) is 30.0. The van der Waals surface area contributed by atoms with Gasteiger partial charge in [0.05, 0.1) is 18.3 Å². The first kappa shape index (κ1) is 38.9. The molecule has 49 heavy (non-hydrogen) atoms. The summed E-state index contributed by atoms with van der Waals surface area (Å²) in [5.41, 5.74) is 2.76. The van der Waals surface area contributed by atoms with E-state index in [1.807, 2.05) is 32.9 Å². The Morgan fingerprint density at radius 2 is 1.57 bits per heavy atom. The van der Waals surface area contributed by atoms with Crippen LogP contribution < -0.4 is 0 Å². The second kappa shape index (κ2) is 16.9. The van der Waals surface area contributed by atoms with Gasteiger partial charge in [0, 0.05) is 18.4 Å². The first-order chi connectivity index (χ1) is 23.1. The van der Waals surface area contributed by atoms with Crippen molar-refractivity contribution in [3.63, 3.8) is 0 Å². The molecule has 0 aromatic rings. The summed E-state index contributed by atoms with van der Waals surface area (Å²) in [6.07, 6.45) is 12.8. The van der Waals surface area contributed by atoms with E-state index in [0.29, 0.717) is 38.5 Å². The molecular formula is C39H57NO9. The molecule has 0 aromatic carbocycles. The summed E-state index contributed by atoms with van der Waals surface area (Å²) in [6, 6.07) is -1.05. The zero-order chi connectivity index (χ0) is 36.0. The van der Waals surface area contributed by atoms with Gasteiger partial charge in [-0.15, -0.1) is 0 Å². The van der Waals surface area contributed by atoms with E-state index in [1.165, 1.54) is 4.90 Å². The van der Waals surface area contributed by atoms with Gasteiger partial charge >= 0.3 is 5.97 Å². The Kier molecular flexibility index (Phi) is 13.4. The summed E-state index contributed by atoms with van der Waals surface area (Å²) in [5.74, 6) is -6.25. The molecule has 2 saturated heterocycles. The predicted octanol–water partition coefficient (Wildman–Crippen LogP) is 4.47. The van der Waals surface area contributed by atoms with Gasteiger partial charge in [0.15, 0.2) is 0 Å². The third kappa shape index (κ3) is 9.67. The lowest BCUT2D eigenvalue weighted by Gasteiger charge is -2.44. The Bertz CT molecular complexity index is 1360. The first-order valence-corrected chi connectivity index (χ1v) is 18.0. The maximum atomic E-state index is 13.8. The Balaban J connectivity index is 1.61. The first-order valence-electron chi connectivity index (χ1n) is 18.0. The summed E-state index contributed by atoms with van der Waals surface area (Å²) >= 11 is 0. The molecule has 5 aliphatic rings. The minimum absolute atomic E-state index is 0.0777. The lowest BCUT2D eigenvalue weighted by molar-refractivity contribution is -0.272. The normalized spacial score (nSPS) is 42.1. The van der Waals surface area contributed by atoms with Gasteiger partial charge in [0.1, 0.15) is 18.2 Å². The fourth-order valence-electron chi connectivity index (χ4n) is 7.37. The van der Waals surface area contributed by atoms with Gasteiger partial charge in [-0.1, -0.05) is 63.6 Å². The number of ketones is 1. The molecule has 4 N–H and O–H groups in total. The van der Waals surface area contributed by atoms with Crippen molar-refractivity contribution in [2.24, 2.45) is 23.7 Å². The van der Waals surface area contributed by atoms with Crippen LogP contribution in [0.2, 0.25) is 0 Å². The van der Waals surface area contributed by atoms with Crippen LogP contribution in [-0.4, -0.2) is 91.9 Å². The highest BCUT2D eigenvalue weighted by atomic mass is 16.6. The number of aliphatic hydroxyl groups is 4. The number of allylic oxidation sites excluding steroid dienone is 6. The average molecular weight is 684 g/mol. The van der Waals surface area contributed by atoms with Gasteiger partial charge in [-0.05, 0) is 100 Å². The predicted molar refractivity (Wildman–Crippen MR) is 186 cm³/mol. The van der Waals surface area contributed by atoms with Crippen LogP contribution in [0.4, 0.5) is 0 Å². The van der Waals surface area contributed by atoms with Crippen LogP contribution in [0, 0.1) is 23.7 Å². The van der Waals surface area contributed by atoms with E-state index in [0.717, 1.165) is 23.1 Å². The van der Waals surface area contributed by atoms with E-state index in [-0.39, 0.29) is 24.8 Å². The van der Waals surface area contributed by atoms with Gasteiger partial charge in [-0.3, -0.25) is 9.59 Å². The van der Waals surface area contributed by atoms with Crippen LogP contribution in [0.5, 0.6) is 0 Å². The standard InChI is InChI=1S/C39H57NO9/c1-23-10-14-31(41)26(4)20-24(2)19-25(3)21-29-13-17-35(33(43)22-29)48-38(46)30-9-7-8-18-40(30)37(45)36(44)39(47)27(5)12-16-34(49-39)28(6)32(42)15-11-23/h11,13,15,17,20-24,27-28,30-35,41-43,47H,7-10,12,14,16,18-19H2,1-6H3/b15-11+,25-21+,26-20+. The van der Waals surface area contributed by atoms with Crippen molar-refractivity contribution in [2.75, 3.05) is 6.54 Å². The Labute approximate surface area is 291 Å². The molecule has 4 bridgehead atoms. The molecule has 0 aromatic heterocycles. The van der Waals surface area contributed by atoms with E-state index in [9.17, 15) is 34.8 Å². The molecule has 4 heterocycles. The number of Topliss-reactive ketones (excluding diaryl/α,β-unsaturated/α-hetero) is 1. The second-order valence-corrected chi connectivity index (χ2v) is 15.0. The van der Waals surface area contributed by atoms with Crippen LogP contribution in [0.1, 0.15) is 92.9 Å². The lowest BCUT2D eigenvalue weighted by Crippen LogP contribution is -2.61. The summed E-state index contributed by atoms with van der Waals surface area (Å²) in [5, 5.41) is 44.4. The average Bonchev–Trinajstić information content (AvgIpc) is 3.06. The molecule has 11 atom stereocenters. The van der Waals surface area contributed by atoms with E-state index < -0.39 is 71.8 Å². The molecule has 0 radical (unpaired) electrons. The molecule has 1 aliphatic carbocycles. The smallest absolute Gasteiger partial charge is 0.329 e. The molecule has 10 heteroatoms. The molecule has 0 saturated carbocycles. The molecular weight excluding hydrogens is 626 g/mol. The van der Waals surface area contributed by atoms with Crippen LogP contribution in [0.3, 0.4) is 0 Å². The molecule has 1 amide bonds. The van der Waals surface area contributed by atoms with Crippen LogP contribution in [0.25, 0.3) is 0 Å². The molecule has 0 spiro atoms. The fourth-order valence-corrected chi connectivity index (χ4v) is 7.37. The van der Waals surface area contributed by atoms with E-state index in [4.69, 9.17) is 9.47 Å². The van der Waals surface area contributed by atoms with Crippen molar-refractivity contribution < 1.29 is 44.3 Å². The Hall–Kier alpha value is -2.89. The number of carbonyl (C=O) groups is 3. The zero-order valence-corrected chi connectivity index (χ0v) is 30.0. The monoisotopic (exact) mass is 683 g/mol. The quantitative estimate of drug-likeness (QED) is 0.165. The number of piperidine rings is 1. The number of ether oxygens (including phenoxy) is 2. The topological polar surface area (TPSA) is 154 Å². The number of rotatable bonds is 0. The maximum Gasteiger partial charge on any atom is 0.329 e. The van der Waals surface area contributed by atoms with Crippen LogP contribution >= 0.6 is 0 Å². The molecule has 272 valence electrons. The molecule has 4 aliphatic heterocycles. The third-order valence-corrected chi connectivity index (χ3v) is 10.7. The van der Waals surface area contributed by atoms with Crippen LogP contribution in [-0.2, 0) is 23.9 Å². The molecule has 11 unspecified atom stereocenters. The summed E-state index contributed by atoms with van der Waals surface area (Å²) in [4.78, 5) is 42.1. The van der Waals surface area contributed by atoms with Crippen molar-refractivity contribution >= 4 is 17.7 Å². The van der Waals surface area contributed by atoms with Gasteiger partial charge in [0.2, 0.25) is 5.79 Å². The summed E-state index contributed by atoms with van der Waals surface area (Å²) in [6.45, 7) is 11.6. The number of amides is 1. The van der Waals surface area contributed by atoms with Crippen molar-refractivity contribution in [2.45, 2.75) is 135 Å². The van der Waals surface area contributed by atoms with Gasteiger partial charge in [-0.25, -0.2) is 4.79 Å². The second-order valence-electron chi connectivity index (χ2n) is 15.0. The summed E-state index contributed by atoms with van der Waals surface area (Å²) < 4.78 is 11.7. The third-order valence-electron chi connectivity index (χ3n) is 10.7. The summed E-state index contributed by atoms with van der Waals surface area (Å²) in [7, 11) is 0. The highest BCUT2D eigenvalue weighted by Gasteiger charge is 2.53. The van der Waals surface area contributed by atoms with Crippen molar-refractivity contribution in [1.82, 2.24) is 4.90 Å². The number of hydrogen-bond donors (Lipinski definition) is 4. The number of aliphatic hydroxyl groups excluding tert-OH is 3. The molecule has 10 nitrogen and oxygen atoms in total. The number of fused-ring (bicyclic) bond motifs is 13. The van der Waals surface area contributed by atoms with Crippen molar-refractivity contribution in [1.29, 1.82) is 0 Å². The number of hydrogen-bond acceptors (Lipinski definition) is 9. The SMILES string of the molecule is C/C1=C\C2=CC(O)C(C=C2)OC(=O)C2CCCCN2C(=O)C(=O)C2(O)OC(CCC2C)C(C)C(O)/C=C/C(C)CCC(O)/C(C)=C/C(C)C1. The molecule has 2 fully saturated rings. The highest BCUT2D eigenvalue weighted by molar-refractivity contribution is 6.39. The Morgan fingerprint density at radius 1 is 0.837 bits per heavy atom.